The van der Waals surface area contributed by atoms with Crippen LogP contribution >= 0.6 is 191 Å². The fourth-order valence-corrected chi connectivity index (χ4v) is 19.0. The van der Waals surface area contributed by atoms with Crippen molar-refractivity contribution in [3.63, 3.8) is 0 Å². The molecule has 0 spiro atoms. The van der Waals surface area contributed by atoms with Gasteiger partial charge in [0.15, 0.2) is 45.6 Å². The average Bonchev–Trinajstić information content (AvgIpc) is 1.61. The van der Waals surface area contributed by atoms with Gasteiger partial charge in [-0.2, -0.15) is 52.7 Å². The first-order valence-electron chi connectivity index (χ1n) is 33.5. The quantitative estimate of drug-likeness (QED) is 0.00944. The van der Waals surface area contributed by atoms with Crippen molar-refractivity contribution in [2.24, 2.45) is 0 Å². The zero-order chi connectivity index (χ0) is 93.8. The molecule has 1 heterocycles. The Morgan fingerprint density at radius 2 is 0.648 bits per heavy atom. The van der Waals surface area contributed by atoms with E-state index in [0.29, 0.717) is 0 Å². The average molecular weight is 2780 g/mol. The summed E-state index contributed by atoms with van der Waals surface area (Å²) in [4.78, 5) is 52.2. The molecule has 672 valence electrons. The zero-order valence-corrected chi connectivity index (χ0v) is 83.6. The molecule has 0 fully saturated rings. The molecule has 0 saturated heterocycles. The lowest BCUT2D eigenvalue weighted by Gasteiger charge is -2.23. The molecule has 0 radical (unpaired) electrons. The molecular formula is C77H51F17I8O17S6. The molecule has 17 nitrogen and oxygen atoms in total. The topological polar surface area (TPSA) is 277 Å². The number of hydrogen-bond acceptors (Lipinski definition) is 17. The van der Waals surface area contributed by atoms with Crippen LogP contribution < -0.4 is 4.74 Å². The Labute approximate surface area is 818 Å². The van der Waals surface area contributed by atoms with Gasteiger partial charge in [0.25, 0.3) is 0 Å². The van der Waals surface area contributed by atoms with Gasteiger partial charge in [-0.15, -0.1) is 0 Å². The lowest BCUT2D eigenvalue weighted by molar-refractivity contribution is -0.214. The Kier molecular flexibility index (Phi) is 41.6. The smallest absolute Gasteiger partial charge is 0.426 e. The summed E-state index contributed by atoms with van der Waals surface area (Å²) in [5.74, 6) is -11.6. The van der Waals surface area contributed by atoms with E-state index in [1.807, 2.05) is 122 Å². The summed E-state index contributed by atoms with van der Waals surface area (Å²) >= 11 is 12.9. The maximum absolute atomic E-state index is 13.2. The van der Waals surface area contributed by atoms with Gasteiger partial charge in [-0.1, -0.05) is 87.6 Å². The number of carbonyl (C=O) groups excluding carboxylic acids is 4. The van der Waals surface area contributed by atoms with Crippen molar-refractivity contribution in [3.05, 3.63) is 289 Å². The van der Waals surface area contributed by atoms with Crippen molar-refractivity contribution in [2.45, 2.75) is 73.2 Å². The van der Waals surface area contributed by atoms with Crippen LogP contribution in [0.4, 0.5) is 74.6 Å². The predicted molar refractivity (Wildman–Crippen MR) is 497 cm³/mol. The SMILES string of the molecule is FC(F)(F)c1ccc(-[s+]2c3ccccc3c3ccccc32)cc1.Fc1ccc([S+](c2ccc(F)cc2)c2ccc(F)cc2)cc1.Fc1ccc([S+](c2ccccc2)c2ccc(F)cc2)cc1.O=C(OC(CS(=O)(=O)[O-])C(F)(F)F)C(I)(I)I.O=C(OC(CS(=O)(=O)[O-])C(F)(F)F)C(I)I.O=C(OC(CS(=O)(=O)[O-])C(F)(F)F)c1ccc(OC(=O)C(I)(I)I)cc1. The van der Waals surface area contributed by atoms with Crippen LogP contribution in [0.2, 0.25) is 0 Å². The molecule has 11 aromatic rings. The van der Waals surface area contributed by atoms with Crippen LogP contribution in [0.1, 0.15) is 15.9 Å². The number of rotatable bonds is 21. The molecule has 3 atom stereocenters. The van der Waals surface area contributed by atoms with Gasteiger partial charge in [-0.05, 0) is 342 Å². The summed E-state index contributed by atoms with van der Waals surface area (Å²) in [6.45, 7) is 0. The fraction of sp³-hybridized carbons (Fsp3) is 0.169. The Hall–Kier alpha value is -4.62. The molecule has 0 bridgehead atoms. The monoisotopic (exact) mass is 2780 g/mol. The van der Waals surface area contributed by atoms with Gasteiger partial charge in [0.2, 0.25) is 17.2 Å². The summed E-state index contributed by atoms with van der Waals surface area (Å²) in [6, 6.07) is 67.7. The van der Waals surface area contributed by atoms with Gasteiger partial charge < -0.3 is 32.6 Å². The molecule has 3 unspecified atom stereocenters. The number of benzene rings is 10. The number of halogens is 25. The minimum atomic E-state index is -5.28. The van der Waals surface area contributed by atoms with Crippen molar-refractivity contribution in [2.75, 3.05) is 17.3 Å². The largest absolute Gasteiger partial charge is 0.748 e. The molecule has 0 saturated carbocycles. The summed E-state index contributed by atoms with van der Waals surface area (Å²) in [6.07, 6.45) is -28.7. The van der Waals surface area contributed by atoms with Crippen LogP contribution in [0, 0.1) is 29.1 Å². The second-order valence-corrected chi connectivity index (χ2v) is 61.6. The highest BCUT2D eigenvalue weighted by Gasteiger charge is 2.48. The van der Waals surface area contributed by atoms with Crippen LogP contribution in [-0.4, -0.2) is 118 Å². The molecular weight excluding hydrogens is 2730 g/mol. The molecule has 1 aromatic heterocycles. The minimum absolute atomic E-state index is 0.0374. The standard InChI is InChI=1S/C19H12F3S.C18H12F3S.C18H13F2S.C12H8F3I3O7S.C5H4F3I3O5S.C5H5F3I2O5S/c20-19(21,22)13-9-11-14(12-10-13)23-17-7-3-1-5-15(17)16-6-2-4-8-18(16)23;19-13-1-7-16(8-2-13)22(17-9-3-14(20)4-10-17)18-11-5-15(21)6-12-18;19-14-6-10-17(11-7-14)21(16-4-2-1-3-5-16)18-12-8-15(20)9-13-18;13-11(14,15)8(5-26(21,22)23)25-9(19)6-1-3-7(4-2-6)24-10(20)12(16,17)18;6-4(7,8)2(1-17(13,14)15)16-3(12)5(9,10)11;6-5(7,8)2(1-16(12,13)14)15-4(11)3(9)10/h1-12H;1-12H;1-13H;1-4,8H,5H2,(H,21,22,23);2H,1H2,(H,13,14,15);2-3H,1H2,(H,12,13,14)/q3*+1;;;/p-3. The first-order chi connectivity index (χ1) is 57.7. The maximum atomic E-state index is 13.2. The number of alkyl halides is 20. The van der Waals surface area contributed by atoms with Gasteiger partial charge in [-0.3, -0.25) is 4.79 Å². The van der Waals surface area contributed by atoms with Gasteiger partial charge >= 0.3 is 48.6 Å². The van der Waals surface area contributed by atoms with E-state index in [-0.39, 0.29) is 61.8 Å². The Balaban J connectivity index is 0.000000234. The van der Waals surface area contributed by atoms with Crippen molar-refractivity contribution in [1.29, 1.82) is 0 Å². The summed E-state index contributed by atoms with van der Waals surface area (Å²) in [5, 5.41) is 2.35. The van der Waals surface area contributed by atoms with Gasteiger partial charge in [-0.25, -0.2) is 61.6 Å². The number of esters is 4. The van der Waals surface area contributed by atoms with E-state index < -0.39 is 132 Å². The number of hydrogen-bond donors (Lipinski definition) is 0. The van der Waals surface area contributed by atoms with Crippen molar-refractivity contribution < 1.29 is 152 Å². The summed E-state index contributed by atoms with van der Waals surface area (Å²) < 4.78 is 325. The van der Waals surface area contributed by atoms with E-state index in [4.69, 9.17) is 4.74 Å². The van der Waals surface area contributed by atoms with E-state index in [1.54, 1.807) is 72.8 Å². The molecule has 0 aliphatic carbocycles. The lowest BCUT2D eigenvalue weighted by Crippen LogP contribution is -2.41. The van der Waals surface area contributed by atoms with Gasteiger partial charge in [0, 0.05) is 21.2 Å². The lowest BCUT2D eigenvalue weighted by atomic mass is 10.2. The normalized spacial score (nSPS) is 12.9. The first-order valence-corrected chi connectivity index (χ1v) is 50.8. The number of thiophene rings is 1. The Bertz CT molecular complexity index is 5590. The van der Waals surface area contributed by atoms with Crippen molar-refractivity contribution in [3.8, 4) is 10.6 Å². The van der Waals surface area contributed by atoms with Gasteiger partial charge in [0.1, 0.15) is 34.8 Å². The van der Waals surface area contributed by atoms with Crippen LogP contribution in [0.5, 0.6) is 5.75 Å². The third-order valence-corrected chi connectivity index (χ3v) is 27.6. The van der Waals surface area contributed by atoms with Crippen molar-refractivity contribution >= 4 is 287 Å². The number of fused-ring (bicyclic) bond motifs is 3. The summed E-state index contributed by atoms with van der Waals surface area (Å²) in [7, 11) is -16.8. The van der Waals surface area contributed by atoms with Crippen LogP contribution in [0.3, 0.4) is 0 Å². The van der Waals surface area contributed by atoms with E-state index >= 15 is 0 Å². The van der Waals surface area contributed by atoms with E-state index in [2.05, 4.69) is 38.5 Å². The van der Waals surface area contributed by atoms with E-state index in [9.17, 15) is 133 Å². The predicted octanol–water partition coefficient (Wildman–Crippen LogP) is 23.4. The minimum Gasteiger partial charge on any atom is -0.748 e. The van der Waals surface area contributed by atoms with Crippen molar-refractivity contribution in [1.82, 2.24) is 0 Å². The van der Waals surface area contributed by atoms with E-state index in [1.165, 1.54) is 206 Å². The molecule has 0 N–H and O–H groups in total. The number of carbonyl (C=O) groups is 4. The highest BCUT2D eigenvalue weighted by atomic mass is 127. The first kappa shape index (κ1) is 109. The summed E-state index contributed by atoms with van der Waals surface area (Å²) in [5.41, 5.74) is -0.961. The van der Waals surface area contributed by atoms with Crippen LogP contribution in [-0.2, 0) is 86.9 Å². The molecule has 11 rings (SSSR count). The second-order valence-electron chi connectivity index (χ2n) is 24.2. The molecule has 0 amide bonds. The second kappa shape index (κ2) is 47.6. The van der Waals surface area contributed by atoms with Gasteiger partial charge in [0.05, 0.1) is 80.5 Å². The highest BCUT2D eigenvalue weighted by Crippen LogP contribution is 2.49. The molecule has 125 heavy (non-hydrogen) atoms. The van der Waals surface area contributed by atoms with Crippen LogP contribution in [0.25, 0.3) is 25.1 Å². The maximum Gasteiger partial charge on any atom is 0.426 e. The number of ether oxygens (including phenoxy) is 4. The molecule has 10 aromatic carbocycles. The molecule has 48 heteroatoms. The highest BCUT2D eigenvalue weighted by molar-refractivity contribution is 14.3. The van der Waals surface area contributed by atoms with E-state index in [0.717, 1.165) is 58.5 Å². The third kappa shape index (κ3) is 37.2. The van der Waals surface area contributed by atoms with Crippen LogP contribution in [0.15, 0.2) is 278 Å². The zero-order valence-electron chi connectivity index (χ0n) is 61.4. The molecule has 0 aliphatic heterocycles. The Morgan fingerprint density at radius 1 is 0.360 bits per heavy atom. The fourth-order valence-electron chi connectivity index (χ4n) is 9.66. The molecule has 0 aliphatic rings. The third-order valence-electron chi connectivity index (χ3n) is 15.0. The Morgan fingerprint density at radius 3 is 0.936 bits per heavy atom.